The number of hydrogen-bond donors (Lipinski definition) is 1. The third-order valence-corrected chi connectivity index (χ3v) is 2.77. The first-order chi connectivity index (χ1) is 7.63. The Balaban J connectivity index is 2.89. The van der Waals surface area contributed by atoms with Crippen LogP contribution in [0.1, 0.15) is 5.56 Å². The van der Waals surface area contributed by atoms with E-state index < -0.39 is 0 Å². The van der Waals surface area contributed by atoms with Gasteiger partial charge in [-0.15, -0.1) is 6.58 Å². The van der Waals surface area contributed by atoms with Gasteiger partial charge >= 0.3 is 0 Å². The van der Waals surface area contributed by atoms with E-state index in [4.69, 9.17) is 12.2 Å². The number of nitrogens with one attached hydrogen (secondary N) is 1. The fourth-order valence-electron chi connectivity index (χ4n) is 1.66. The quantitative estimate of drug-likeness (QED) is 0.638. The van der Waals surface area contributed by atoms with Crippen molar-refractivity contribution in [3.63, 3.8) is 0 Å². The molecule has 16 heavy (non-hydrogen) atoms. The van der Waals surface area contributed by atoms with Crippen molar-refractivity contribution in [1.82, 2.24) is 9.55 Å². The van der Waals surface area contributed by atoms with E-state index in [0.29, 0.717) is 16.7 Å². The molecule has 1 N–H and O–H groups in total. The molecule has 2 rings (SSSR count). The fourth-order valence-corrected chi connectivity index (χ4v) is 1.93. The highest BCUT2D eigenvalue weighted by molar-refractivity contribution is 7.71. The summed E-state index contributed by atoms with van der Waals surface area (Å²) >= 11 is 5.14. The number of aromatic amines is 1. The third-order valence-electron chi connectivity index (χ3n) is 2.45. The summed E-state index contributed by atoms with van der Waals surface area (Å²) in [5, 5.41) is 0.654. The molecule has 4 heteroatoms. The van der Waals surface area contributed by atoms with Crippen LogP contribution in [0.5, 0.6) is 0 Å². The fraction of sp³-hybridized carbons (Fsp3) is 0.167. The molecule has 1 aromatic heterocycles. The van der Waals surface area contributed by atoms with E-state index in [-0.39, 0.29) is 5.56 Å². The van der Waals surface area contributed by atoms with Gasteiger partial charge in [-0.1, -0.05) is 12.1 Å². The van der Waals surface area contributed by atoms with Crippen LogP contribution in [0.3, 0.4) is 0 Å². The lowest BCUT2D eigenvalue weighted by Gasteiger charge is -2.05. The van der Waals surface area contributed by atoms with E-state index in [2.05, 4.69) is 11.6 Å². The maximum Gasteiger partial charge on any atom is 0.262 e. The van der Waals surface area contributed by atoms with Crippen molar-refractivity contribution in [1.29, 1.82) is 0 Å². The zero-order valence-electron chi connectivity index (χ0n) is 8.99. The molecular weight excluding hydrogens is 220 g/mol. The molecular formula is C12H12N2OS. The molecule has 0 saturated carbocycles. The maximum atomic E-state index is 12.1. The number of hydrogen-bond acceptors (Lipinski definition) is 2. The molecule has 0 aliphatic rings. The average molecular weight is 232 g/mol. The largest absolute Gasteiger partial charge is 0.332 e. The molecule has 0 aliphatic heterocycles. The van der Waals surface area contributed by atoms with Gasteiger partial charge in [-0.3, -0.25) is 9.36 Å². The molecule has 0 amide bonds. The van der Waals surface area contributed by atoms with Crippen molar-refractivity contribution >= 4 is 23.1 Å². The highest BCUT2D eigenvalue weighted by Crippen LogP contribution is 2.09. The number of H-pyrrole nitrogens is 1. The topological polar surface area (TPSA) is 37.8 Å². The van der Waals surface area contributed by atoms with E-state index in [9.17, 15) is 4.79 Å². The van der Waals surface area contributed by atoms with E-state index in [1.54, 1.807) is 6.08 Å². The molecule has 82 valence electrons. The highest BCUT2D eigenvalue weighted by Gasteiger charge is 2.03. The number of rotatable bonds is 2. The molecule has 2 aromatic rings. The van der Waals surface area contributed by atoms with Crippen LogP contribution < -0.4 is 5.56 Å². The molecule has 1 aromatic carbocycles. The Hall–Kier alpha value is -1.68. The maximum absolute atomic E-state index is 12.1. The van der Waals surface area contributed by atoms with Crippen LogP contribution in [0.25, 0.3) is 10.9 Å². The van der Waals surface area contributed by atoms with E-state index in [1.807, 2.05) is 25.1 Å². The Kier molecular flexibility index (Phi) is 2.75. The van der Waals surface area contributed by atoms with Gasteiger partial charge in [0.2, 0.25) is 0 Å². The SMILES string of the molecule is C=CCn1c(=S)[nH]c2cc(C)ccc2c1=O. The summed E-state index contributed by atoms with van der Waals surface area (Å²) in [6, 6.07) is 5.65. The average Bonchev–Trinajstić information content (AvgIpc) is 2.23. The number of aryl methyl sites for hydroxylation is 1. The second kappa shape index (κ2) is 4.06. The first-order valence-electron chi connectivity index (χ1n) is 4.98. The van der Waals surface area contributed by atoms with Crippen molar-refractivity contribution in [3.05, 3.63) is 51.5 Å². The van der Waals surface area contributed by atoms with Crippen LogP contribution in [0.15, 0.2) is 35.6 Å². The van der Waals surface area contributed by atoms with Crippen LogP contribution >= 0.6 is 12.2 Å². The minimum atomic E-state index is -0.0707. The lowest BCUT2D eigenvalue weighted by Crippen LogP contribution is -2.21. The lowest BCUT2D eigenvalue weighted by molar-refractivity contribution is 0.753. The highest BCUT2D eigenvalue weighted by atomic mass is 32.1. The Labute approximate surface area is 98.1 Å². The molecule has 0 aliphatic carbocycles. The van der Waals surface area contributed by atoms with Crippen LogP contribution in [-0.2, 0) is 6.54 Å². The first-order valence-corrected chi connectivity index (χ1v) is 5.38. The van der Waals surface area contributed by atoms with Gasteiger partial charge in [0.05, 0.1) is 10.9 Å². The Morgan fingerprint density at radius 1 is 1.56 bits per heavy atom. The van der Waals surface area contributed by atoms with Gasteiger partial charge in [0.1, 0.15) is 0 Å². The van der Waals surface area contributed by atoms with Gasteiger partial charge in [-0.2, -0.15) is 0 Å². The standard InChI is InChI=1S/C12H12N2OS/c1-3-6-14-11(15)9-5-4-8(2)7-10(9)13-12(14)16/h3-5,7H,1,6H2,2H3,(H,13,16). The molecule has 1 heterocycles. The van der Waals surface area contributed by atoms with Gasteiger partial charge in [0, 0.05) is 6.54 Å². The summed E-state index contributed by atoms with van der Waals surface area (Å²) in [6.07, 6.45) is 1.66. The predicted octanol–water partition coefficient (Wildman–Crippen LogP) is 2.55. The zero-order valence-corrected chi connectivity index (χ0v) is 9.80. The summed E-state index contributed by atoms with van der Waals surface area (Å²) in [5.74, 6) is 0. The summed E-state index contributed by atoms with van der Waals surface area (Å²) in [4.78, 5) is 15.1. The minimum absolute atomic E-state index is 0.0707. The minimum Gasteiger partial charge on any atom is -0.332 e. The number of fused-ring (bicyclic) bond motifs is 1. The van der Waals surface area contributed by atoms with Gasteiger partial charge < -0.3 is 4.98 Å². The molecule has 0 radical (unpaired) electrons. The van der Waals surface area contributed by atoms with E-state index >= 15 is 0 Å². The number of allylic oxidation sites excluding steroid dienone is 1. The van der Waals surface area contributed by atoms with E-state index in [0.717, 1.165) is 11.1 Å². The first kappa shape index (κ1) is 10.8. The predicted molar refractivity (Wildman–Crippen MR) is 68.3 cm³/mol. The van der Waals surface area contributed by atoms with Gasteiger partial charge in [0.25, 0.3) is 5.56 Å². The van der Waals surface area contributed by atoms with Crippen LogP contribution in [0, 0.1) is 11.7 Å². The smallest absolute Gasteiger partial charge is 0.262 e. The molecule has 0 spiro atoms. The van der Waals surface area contributed by atoms with E-state index in [1.165, 1.54) is 4.57 Å². The van der Waals surface area contributed by atoms with Crippen molar-refractivity contribution in [2.45, 2.75) is 13.5 Å². The molecule has 0 unspecified atom stereocenters. The normalized spacial score (nSPS) is 10.6. The Morgan fingerprint density at radius 2 is 2.31 bits per heavy atom. The molecule has 0 bridgehead atoms. The molecule has 3 nitrogen and oxygen atoms in total. The Bertz CT molecular complexity index is 667. The van der Waals surface area contributed by atoms with Crippen molar-refractivity contribution in [2.24, 2.45) is 0 Å². The van der Waals surface area contributed by atoms with Gasteiger partial charge in [-0.25, -0.2) is 0 Å². The second-order valence-electron chi connectivity index (χ2n) is 3.68. The van der Waals surface area contributed by atoms with Crippen molar-refractivity contribution in [2.75, 3.05) is 0 Å². The van der Waals surface area contributed by atoms with Crippen molar-refractivity contribution < 1.29 is 0 Å². The molecule has 0 fully saturated rings. The molecule has 0 atom stereocenters. The number of benzene rings is 1. The van der Waals surface area contributed by atoms with Gasteiger partial charge in [-0.05, 0) is 36.8 Å². The lowest BCUT2D eigenvalue weighted by atomic mass is 10.2. The van der Waals surface area contributed by atoms with Gasteiger partial charge in [0.15, 0.2) is 4.77 Å². The Morgan fingerprint density at radius 3 is 3.00 bits per heavy atom. The summed E-state index contributed by atoms with van der Waals surface area (Å²) in [5.41, 5.74) is 1.81. The number of aromatic nitrogens is 2. The van der Waals surface area contributed by atoms with Crippen molar-refractivity contribution in [3.8, 4) is 0 Å². The van der Waals surface area contributed by atoms with Crippen LogP contribution in [0.2, 0.25) is 0 Å². The third kappa shape index (κ3) is 1.72. The summed E-state index contributed by atoms with van der Waals surface area (Å²) in [7, 11) is 0. The molecule has 0 saturated heterocycles. The number of nitrogens with zero attached hydrogens (tertiary/aromatic N) is 1. The zero-order chi connectivity index (χ0) is 11.7. The summed E-state index contributed by atoms with van der Waals surface area (Å²) < 4.78 is 1.93. The summed E-state index contributed by atoms with van der Waals surface area (Å²) in [6.45, 7) is 6.02. The monoisotopic (exact) mass is 232 g/mol. The van der Waals surface area contributed by atoms with Crippen LogP contribution in [0.4, 0.5) is 0 Å². The van der Waals surface area contributed by atoms with Crippen LogP contribution in [-0.4, -0.2) is 9.55 Å². The second-order valence-corrected chi connectivity index (χ2v) is 4.07.